The number of benzene rings is 1. The summed E-state index contributed by atoms with van der Waals surface area (Å²) in [5.74, 6) is 0.443. The van der Waals surface area contributed by atoms with Crippen LogP contribution in [0.3, 0.4) is 0 Å². The van der Waals surface area contributed by atoms with Gasteiger partial charge in [0.05, 0.1) is 0 Å². The second-order valence-corrected chi connectivity index (χ2v) is 5.22. The Hall–Kier alpha value is -1.62. The van der Waals surface area contributed by atoms with E-state index in [2.05, 4.69) is 10.6 Å². The number of rotatable bonds is 7. The number of amides is 2. The summed E-state index contributed by atoms with van der Waals surface area (Å²) < 4.78 is 18.8. The number of carbonyl (C=O) groups is 1. The zero-order valence-electron chi connectivity index (χ0n) is 11.7. The fourth-order valence-electron chi connectivity index (χ4n) is 1.76. The Morgan fingerprint density at radius 1 is 1.45 bits per heavy atom. The fraction of sp³-hybridized carbons (Fsp3) is 0.533. The number of carbonyl (C=O) groups excluding carboxylic acids is 1. The maximum atomic E-state index is 13.3. The highest BCUT2D eigenvalue weighted by Crippen LogP contribution is 2.28. The van der Waals surface area contributed by atoms with Crippen molar-refractivity contribution < 1.29 is 13.9 Å². The van der Waals surface area contributed by atoms with E-state index in [0.717, 1.165) is 18.9 Å². The third-order valence-electron chi connectivity index (χ3n) is 3.23. The van der Waals surface area contributed by atoms with Gasteiger partial charge in [-0.2, -0.15) is 0 Å². The second kappa shape index (κ2) is 7.24. The van der Waals surface area contributed by atoms with Gasteiger partial charge in [0, 0.05) is 25.4 Å². The van der Waals surface area contributed by atoms with E-state index in [1.807, 2.05) is 0 Å². The third-order valence-corrected chi connectivity index (χ3v) is 3.23. The van der Waals surface area contributed by atoms with Crippen LogP contribution in [-0.2, 0) is 4.74 Å². The quantitative estimate of drug-likeness (QED) is 0.754. The summed E-state index contributed by atoms with van der Waals surface area (Å²) in [7, 11) is 0. The monoisotopic (exact) mass is 280 g/mol. The van der Waals surface area contributed by atoms with Crippen molar-refractivity contribution in [2.45, 2.75) is 26.2 Å². The summed E-state index contributed by atoms with van der Waals surface area (Å²) in [6.45, 7) is 3.73. The van der Waals surface area contributed by atoms with Gasteiger partial charge in [-0.05, 0) is 49.8 Å². The number of ether oxygens (including phenoxy) is 1. The van der Waals surface area contributed by atoms with Crippen molar-refractivity contribution in [3.8, 4) is 0 Å². The second-order valence-electron chi connectivity index (χ2n) is 5.22. The molecule has 2 N–H and O–H groups in total. The van der Waals surface area contributed by atoms with Gasteiger partial charge in [-0.25, -0.2) is 9.18 Å². The zero-order valence-corrected chi connectivity index (χ0v) is 11.7. The van der Waals surface area contributed by atoms with E-state index in [4.69, 9.17) is 4.74 Å². The van der Waals surface area contributed by atoms with Gasteiger partial charge in [-0.3, -0.25) is 0 Å². The molecule has 0 unspecified atom stereocenters. The summed E-state index contributed by atoms with van der Waals surface area (Å²) in [5.41, 5.74) is 1.01. The van der Waals surface area contributed by atoms with Crippen molar-refractivity contribution in [1.29, 1.82) is 0 Å². The SMILES string of the molecule is Cc1ccc(NC(=O)NCCCOCC2CC2)cc1F. The molecule has 5 heteroatoms. The van der Waals surface area contributed by atoms with Crippen LogP contribution < -0.4 is 10.6 Å². The standard InChI is InChI=1S/C15H21FN2O2/c1-11-3-6-13(9-14(11)16)18-15(19)17-7-2-8-20-10-12-4-5-12/h3,6,9,12H,2,4-5,7-8,10H2,1H3,(H2,17,18,19). The number of hydrogen-bond donors (Lipinski definition) is 2. The molecule has 0 bridgehead atoms. The molecule has 0 spiro atoms. The van der Waals surface area contributed by atoms with E-state index in [1.54, 1.807) is 19.1 Å². The maximum Gasteiger partial charge on any atom is 0.319 e. The molecule has 1 aromatic carbocycles. The molecule has 0 aliphatic heterocycles. The lowest BCUT2D eigenvalue weighted by Crippen LogP contribution is -2.30. The lowest BCUT2D eigenvalue weighted by molar-refractivity contribution is 0.122. The highest BCUT2D eigenvalue weighted by molar-refractivity contribution is 5.89. The lowest BCUT2D eigenvalue weighted by Gasteiger charge is -2.08. The minimum absolute atomic E-state index is 0.323. The Morgan fingerprint density at radius 3 is 2.95 bits per heavy atom. The first-order valence-electron chi connectivity index (χ1n) is 7.04. The van der Waals surface area contributed by atoms with E-state index < -0.39 is 0 Å². The lowest BCUT2D eigenvalue weighted by atomic mass is 10.2. The van der Waals surface area contributed by atoms with E-state index in [0.29, 0.717) is 24.4 Å². The van der Waals surface area contributed by atoms with Crippen LogP contribution in [0.4, 0.5) is 14.9 Å². The zero-order chi connectivity index (χ0) is 14.4. The van der Waals surface area contributed by atoms with E-state index in [-0.39, 0.29) is 11.8 Å². The fourth-order valence-corrected chi connectivity index (χ4v) is 1.76. The summed E-state index contributed by atoms with van der Waals surface area (Å²) in [5, 5.41) is 5.31. The van der Waals surface area contributed by atoms with Crippen LogP contribution in [0.2, 0.25) is 0 Å². The Morgan fingerprint density at radius 2 is 2.25 bits per heavy atom. The summed E-state index contributed by atoms with van der Waals surface area (Å²) in [6.07, 6.45) is 3.35. The molecule has 0 atom stereocenters. The number of halogens is 1. The smallest absolute Gasteiger partial charge is 0.319 e. The van der Waals surface area contributed by atoms with Gasteiger partial charge >= 0.3 is 6.03 Å². The molecule has 0 aromatic heterocycles. The highest BCUT2D eigenvalue weighted by Gasteiger charge is 2.20. The van der Waals surface area contributed by atoms with E-state index >= 15 is 0 Å². The van der Waals surface area contributed by atoms with Crippen LogP contribution in [0.1, 0.15) is 24.8 Å². The molecule has 20 heavy (non-hydrogen) atoms. The molecule has 0 radical (unpaired) electrons. The molecule has 0 heterocycles. The average molecular weight is 280 g/mol. The summed E-state index contributed by atoms with van der Waals surface area (Å²) >= 11 is 0. The van der Waals surface area contributed by atoms with Crippen molar-refractivity contribution in [3.63, 3.8) is 0 Å². The molecular weight excluding hydrogens is 259 g/mol. The summed E-state index contributed by atoms with van der Waals surface area (Å²) in [4.78, 5) is 11.6. The molecule has 0 saturated heterocycles. The number of hydrogen-bond acceptors (Lipinski definition) is 2. The Balaban J connectivity index is 1.58. The average Bonchev–Trinajstić information content (AvgIpc) is 3.22. The number of nitrogens with one attached hydrogen (secondary N) is 2. The van der Waals surface area contributed by atoms with Crippen LogP contribution in [0.5, 0.6) is 0 Å². The van der Waals surface area contributed by atoms with Crippen LogP contribution in [0.25, 0.3) is 0 Å². The van der Waals surface area contributed by atoms with Gasteiger partial charge in [-0.1, -0.05) is 6.07 Å². The number of anilines is 1. The first-order valence-corrected chi connectivity index (χ1v) is 7.04. The maximum absolute atomic E-state index is 13.3. The first kappa shape index (κ1) is 14.8. The first-order chi connectivity index (χ1) is 9.65. The molecule has 2 rings (SSSR count). The summed E-state index contributed by atoms with van der Waals surface area (Å²) in [6, 6.07) is 4.30. The van der Waals surface area contributed by atoms with Gasteiger partial charge in [0.15, 0.2) is 0 Å². The third kappa shape index (κ3) is 5.17. The molecule has 1 aliphatic carbocycles. The van der Waals surface area contributed by atoms with Crippen LogP contribution >= 0.6 is 0 Å². The minimum Gasteiger partial charge on any atom is -0.381 e. The molecular formula is C15H21FN2O2. The predicted octanol–water partition coefficient (Wildman–Crippen LogP) is 3.07. The largest absolute Gasteiger partial charge is 0.381 e. The van der Waals surface area contributed by atoms with Gasteiger partial charge in [0.25, 0.3) is 0 Å². The Labute approximate surface area is 118 Å². The van der Waals surface area contributed by atoms with Crippen molar-refractivity contribution in [2.24, 2.45) is 5.92 Å². The number of urea groups is 1. The van der Waals surface area contributed by atoms with E-state index in [9.17, 15) is 9.18 Å². The molecule has 110 valence electrons. The Kier molecular flexibility index (Phi) is 5.35. The van der Waals surface area contributed by atoms with Crippen molar-refractivity contribution >= 4 is 11.7 Å². The molecule has 1 saturated carbocycles. The topological polar surface area (TPSA) is 50.4 Å². The Bertz CT molecular complexity index is 461. The van der Waals surface area contributed by atoms with E-state index in [1.165, 1.54) is 18.9 Å². The van der Waals surface area contributed by atoms with Crippen LogP contribution in [0.15, 0.2) is 18.2 Å². The predicted molar refractivity (Wildman–Crippen MR) is 76.3 cm³/mol. The normalized spacial score (nSPS) is 14.1. The van der Waals surface area contributed by atoms with Crippen molar-refractivity contribution in [3.05, 3.63) is 29.6 Å². The molecule has 2 amide bonds. The van der Waals surface area contributed by atoms with Crippen LogP contribution in [-0.4, -0.2) is 25.8 Å². The van der Waals surface area contributed by atoms with Crippen molar-refractivity contribution in [2.75, 3.05) is 25.1 Å². The molecule has 4 nitrogen and oxygen atoms in total. The molecule has 1 fully saturated rings. The van der Waals surface area contributed by atoms with Gasteiger partial charge in [-0.15, -0.1) is 0 Å². The van der Waals surface area contributed by atoms with Crippen LogP contribution in [0, 0.1) is 18.7 Å². The highest BCUT2D eigenvalue weighted by atomic mass is 19.1. The minimum atomic E-state index is -0.324. The van der Waals surface area contributed by atoms with Gasteiger partial charge in [0.1, 0.15) is 5.82 Å². The number of aryl methyl sites for hydroxylation is 1. The molecule has 1 aliphatic rings. The van der Waals surface area contributed by atoms with Gasteiger partial charge in [0.2, 0.25) is 0 Å². The molecule has 1 aromatic rings. The van der Waals surface area contributed by atoms with Crippen molar-refractivity contribution in [1.82, 2.24) is 5.32 Å². The van der Waals surface area contributed by atoms with Gasteiger partial charge < -0.3 is 15.4 Å².